The van der Waals surface area contributed by atoms with E-state index in [-0.39, 0.29) is 0 Å². The van der Waals surface area contributed by atoms with Crippen LogP contribution >= 0.6 is 0 Å². The zero-order valence-corrected chi connectivity index (χ0v) is 16.8. The van der Waals surface area contributed by atoms with Gasteiger partial charge >= 0.3 is 0 Å². The summed E-state index contributed by atoms with van der Waals surface area (Å²) < 4.78 is 11.9. The molecule has 0 saturated heterocycles. The lowest BCUT2D eigenvalue weighted by molar-refractivity contribution is 0.668. The van der Waals surface area contributed by atoms with Gasteiger partial charge in [-0.2, -0.15) is 0 Å². The fourth-order valence-corrected chi connectivity index (χ4v) is 4.30. The molecular weight excluding hydrogens is 398 g/mol. The summed E-state index contributed by atoms with van der Waals surface area (Å²) in [6.45, 7) is 0. The Hall–Kier alpha value is -4.51. The van der Waals surface area contributed by atoms with Crippen LogP contribution < -0.4 is 0 Å². The van der Waals surface area contributed by atoms with Crippen molar-refractivity contribution in [2.75, 3.05) is 0 Å². The van der Waals surface area contributed by atoms with Gasteiger partial charge in [-0.05, 0) is 48.5 Å². The number of rotatable bonds is 2. The Morgan fingerprint density at radius 2 is 0.938 bits per heavy atom. The minimum atomic E-state index is 0.624. The minimum absolute atomic E-state index is 0.624. The highest BCUT2D eigenvalue weighted by Gasteiger charge is 2.13. The molecule has 0 aliphatic carbocycles. The van der Waals surface area contributed by atoms with Gasteiger partial charge in [-0.1, -0.05) is 36.4 Å². The molecule has 5 nitrogen and oxygen atoms in total. The van der Waals surface area contributed by atoms with Crippen LogP contribution in [-0.2, 0) is 0 Å². The monoisotopic (exact) mass is 413 g/mol. The topological polar surface area (TPSA) is 65.0 Å². The van der Waals surface area contributed by atoms with Crippen LogP contribution in [0.3, 0.4) is 0 Å². The molecule has 7 rings (SSSR count). The number of fused-ring (bicyclic) bond motifs is 6. The number of nitrogens with zero attached hydrogens (tertiary/aromatic N) is 3. The van der Waals surface area contributed by atoms with Gasteiger partial charge in [-0.3, -0.25) is 0 Å². The van der Waals surface area contributed by atoms with Gasteiger partial charge in [0.1, 0.15) is 28.7 Å². The molecule has 0 saturated carbocycles. The van der Waals surface area contributed by atoms with Crippen molar-refractivity contribution in [2.24, 2.45) is 0 Å². The van der Waals surface area contributed by atoms with Crippen molar-refractivity contribution in [2.45, 2.75) is 0 Å². The first-order valence-electron chi connectivity index (χ1n) is 10.4. The van der Waals surface area contributed by atoms with Crippen molar-refractivity contribution in [1.29, 1.82) is 0 Å². The normalized spacial score (nSPS) is 11.8. The first kappa shape index (κ1) is 17.2. The van der Waals surface area contributed by atoms with E-state index in [9.17, 15) is 0 Å². The van der Waals surface area contributed by atoms with Gasteiger partial charge in [0, 0.05) is 32.7 Å². The summed E-state index contributed by atoms with van der Waals surface area (Å²) in [7, 11) is 0. The van der Waals surface area contributed by atoms with Gasteiger partial charge in [0.05, 0.1) is 0 Å². The van der Waals surface area contributed by atoms with Crippen LogP contribution in [0.15, 0.2) is 100 Å². The van der Waals surface area contributed by atoms with E-state index in [0.717, 1.165) is 55.0 Å². The maximum atomic E-state index is 5.94. The summed E-state index contributed by atoms with van der Waals surface area (Å²) in [5.74, 6) is 1.25. The molecule has 0 spiro atoms. The number of para-hydroxylation sites is 2. The molecule has 3 aromatic heterocycles. The summed E-state index contributed by atoms with van der Waals surface area (Å²) >= 11 is 0. The smallest absolute Gasteiger partial charge is 0.163 e. The Morgan fingerprint density at radius 1 is 0.469 bits per heavy atom. The fraction of sp³-hybridized carbons (Fsp3) is 0. The Kier molecular flexibility index (Phi) is 3.49. The van der Waals surface area contributed by atoms with E-state index in [0.29, 0.717) is 11.6 Å². The van der Waals surface area contributed by atoms with Gasteiger partial charge in [0.2, 0.25) is 0 Å². The standard InChI is InChI=1S/C27H15N3O2/c1-3-7-22-18(5-1)20-13-16(9-11-24(20)31-22)26-28-15-29-27(30-26)17-10-12-25-21(14-17)19-6-2-4-8-23(19)32-25/h1-15H. The first-order valence-corrected chi connectivity index (χ1v) is 10.4. The van der Waals surface area contributed by atoms with Gasteiger partial charge in [0.15, 0.2) is 11.6 Å². The van der Waals surface area contributed by atoms with Crippen LogP contribution in [0.2, 0.25) is 0 Å². The summed E-state index contributed by atoms with van der Waals surface area (Å²) in [6, 6.07) is 28.1. The van der Waals surface area contributed by atoms with Crippen molar-refractivity contribution in [1.82, 2.24) is 15.0 Å². The number of aromatic nitrogens is 3. The molecule has 4 aromatic carbocycles. The zero-order valence-electron chi connectivity index (χ0n) is 16.8. The molecule has 3 heterocycles. The van der Waals surface area contributed by atoms with Crippen LogP contribution in [0.4, 0.5) is 0 Å². The second-order valence-corrected chi connectivity index (χ2v) is 7.75. The van der Waals surface area contributed by atoms with E-state index in [2.05, 4.69) is 34.2 Å². The number of hydrogen-bond donors (Lipinski definition) is 0. The first-order chi connectivity index (χ1) is 15.8. The van der Waals surface area contributed by atoms with E-state index < -0.39 is 0 Å². The Labute approximate surface area is 182 Å². The van der Waals surface area contributed by atoms with Crippen LogP contribution in [0.5, 0.6) is 0 Å². The van der Waals surface area contributed by atoms with Crippen molar-refractivity contribution in [3.8, 4) is 22.8 Å². The molecular formula is C27H15N3O2. The molecule has 0 aliphatic heterocycles. The average Bonchev–Trinajstić information content (AvgIpc) is 3.41. The fourth-order valence-electron chi connectivity index (χ4n) is 4.30. The maximum absolute atomic E-state index is 5.94. The van der Waals surface area contributed by atoms with Crippen molar-refractivity contribution >= 4 is 43.9 Å². The van der Waals surface area contributed by atoms with Crippen LogP contribution in [0.25, 0.3) is 66.7 Å². The van der Waals surface area contributed by atoms with Crippen molar-refractivity contribution in [3.63, 3.8) is 0 Å². The highest BCUT2D eigenvalue weighted by atomic mass is 16.3. The summed E-state index contributed by atoms with van der Waals surface area (Å²) in [6.07, 6.45) is 1.56. The lowest BCUT2D eigenvalue weighted by Gasteiger charge is -2.04. The summed E-state index contributed by atoms with van der Waals surface area (Å²) in [4.78, 5) is 13.6. The van der Waals surface area contributed by atoms with Crippen molar-refractivity contribution < 1.29 is 8.83 Å². The van der Waals surface area contributed by atoms with E-state index >= 15 is 0 Å². The molecule has 32 heavy (non-hydrogen) atoms. The molecule has 0 fully saturated rings. The maximum Gasteiger partial charge on any atom is 0.163 e. The Bertz CT molecular complexity index is 1670. The molecule has 7 aromatic rings. The van der Waals surface area contributed by atoms with Gasteiger partial charge < -0.3 is 8.83 Å². The highest BCUT2D eigenvalue weighted by Crippen LogP contribution is 2.33. The number of hydrogen-bond acceptors (Lipinski definition) is 5. The lowest BCUT2D eigenvalue weighted by atomic mass is 10.1. The molecule has 0 unspecified atom stereocenters. The Balaban J connectivity index is 1.37. The molecule has 0 N–H and O–H groups in total. The van der Waals surface area contributed by atoms with Crippen LogP contribution in [0, 0.1) is 0 Å². The molecule has 0 atom stereocenters. The predicted molar refractivity (Wildman–Crippen MR) is 125 cm³/mol. The third kappa shape index (κ3) is 2.55. The molecule has 0 radical (unpaired) electrons. The SMILES string of the molecule is c1ccc2c(c1)oc1ccc(-c3ncnc(-c4ccc5oc6ccccc6c5c4)n3)cc12. The summed E-state index contributed by atoms with van der Waals surface area (Å²) in [5, 5.41) is 4.25. The van der Waals surface area contributed by atoms with Gasteiger partial charge in [-0.15, -0.1) is 0 Å². The molecule has 150 valence electrons. The number of benzene rings is 4. The largest absolute Gasteiger partial charge is 0.456 e. The molecule has 0 amide bonds. The Morgan fingerprint density at radius 3 is 1.47 bits per heavy atom. The van der Waals surface area contributed by atoms with Gasteiger partial charge in [0.25, 0.3) is 0 Å². The third-order valence-electron chi connectivity index (χ3n) is 5.84. The average molecular weight is 413 g/mol. The number of furan rings is 2. The van der Waals surface area contributed by atoms with Crippen molar-refractivity contribution in [3.05, 3.63) is 91.3 Å². The lowest BCUT2D eigenvalue weighted by Crippen LogP contribution is -1.95. The molecule has 5 heteroatoms. The van der Waals surface area contributed by atoms with Crippen LogP contribution in [-0.4, -0.2) is 15.0 Å². The van der Waals surface area contributed by atoms with Gasteiger partial charge in [-0.25, -0.2) is 15.0 Å². The molecule has 0 aliphatic rings. The van der Waals surface area contributed by atoms with E-state index in [1.807, 2.05) is 60.7 Å². The predicted octanol–water partition coefficient (Wildman–Crippen LogP) is 7.00. The van der Waals surface area contributed by atoms with E-state index in [4.69, 9.17) is 13.8 Å². The van der Waals surface area contributed by atoms with E-state index in [1.165, 1.54) is 0 Å². The van der Waals surface area contributed by atoms with E-state index in [1.54, 1.807) is 6.33 Å². The minimum Gasteiger partial charge on any atom is -0.456 e. The molecule has 0 bridgehead atoms. The van der Waals surface area contributed by atoms with Crippen LogP contribution in [0.1, 0.15) is 0 Å². The second kappa shape index (κ2) is 6.49. The zero-order chi connectivity index (χ0) is 21.1. The highest BCUT2D eigenvalue weighted by molar-refractivity contribution is 6.07. The third-order valence-corrected chi connectivity index (χ3v) is 5.84. The summed E-state index contributed by atoms with van der Waals surface area (Å²) in [5.41, 5.74) is 5.28. The quantitative estimate of drug-likeness (QED) is 0.305. The second-order valence-electron chi connectivity index (χ2n) is 7.75.